The Morgan fingerprint density at radius 3 is 2.32 bits per heavy atom. The van der Waals surface area contributed by atoms with Crippen LogP contribution in [0.4, 0.5) is 0 Å². The first kappa shape index (κ1) is 46.8. The summed E-state index contributed by atoms with van der Waals surface area (Å²) >= 11 is 0. The van der Waals surface area contributed by atoms with Crippen LogP contribution < -0.4 is 25.7 Å². The third kappa shape index (κ3) is 9.60. The molecule has 0 N–H and O–H groups in total. The number of carbonyl (C=O) groups excluding carboxylic acids is 3. The number of nitrogens with zero attached hydrogens (tertiary/aromatic N) is 4. The largest absolute Gasteiger partial charge is 2.00 e. The Hall–Kier alpha value is -4.28. The monoisotopic (exact) mass is 821 g/mol. The number of rotatable bonds is 16. The zero-order valence-electron chi connectivity index (χ0n) is 37.3. The number of allylic oxidation sites excluding steroid dienone is 3. The Balaban J connectivity index is 0.00000683. The van der Waals surface area contributed by atoms with Gasteiger partial charge in [-0.1, -0.05) is 124 Å². The zero-order valence-corrected chi connectivity index (χ0v) is 38.7. The fraction of sp³-hybridized carbons (Fsp3) is 0.480. The summed E-state index contributed by atoms with van der Waals surface area (Å²) in [5.41, 5.74) is 10.6. The summed E-state index contributed by atoms with van der Waals surface area (Å²) in [6.45, 7) is 25.4. The van der Waals surface area contributed by atoms with E-state index in [2.05, 4.69) is 55.0 Å². The van der Waals surface area contributed by atoms with Crippen LogP contribution in [0.2, 0.25) is 0 Å². The van der Waals surface area contributed by atoms with E-state index in [1.807, 2.05) is 44.2 Å². The Morgan fingerprint density at radius 1 is 0.933 bits per heavy atom. The van der Waals surface area contributed by atoms with Crippen molar-refractivity contribution in [3.8, 4) is 0 Å². The summed E-state index contributed by atoms with van der Waals surface area (Å²) in [7, 11) is 1.29. The molecule has 0 unspecified atom stereocenters. The van der Waals surface area contributed by atoms with Gasteiger partial charge in [-0.3, -0.25) is 14.4 Å². The van der Waals surface area contributed by atoms with Crippen LogP contribution in [0.25, 0.3) is 35.2 Å². The molecule has 0 amide bonds. The first-order valence-electron chi connectivity index (χ1n) is 21.5. The molecule has 1 aliphatic carbocycles. The number of ketones is 1. The minimum absolute atomic E-state index is 0. The smallest absolute Gasteiger partial charge is 0.664 e. The molecule has 0 spiro atoms. The maximum Gasteiger partial charge on any atom is 2.00 e. The van der Waals surface area contributed by atoms with Crippen molar-refractivity contribution in [1.29, 1.82) is 0 Å². The quantitative estimate of drug-likeness (QED) is 0.0464. The van der Waals surface area contributed by atoms with Gasteiger partial charge in [-0.15, -0.1) is 33.5 Å². The van der Waals surface area contributed by atoms with E-state index < -0.39 is 11.9 Å². The molecule has 2 aliphatic heterocycles. The molecule has 3 aromatic rings. The van der Waals surface area contributed by atoms with Crippen LogP contribution in [0.3, 0.4) is 0 Å². The Labute approximate surface area is 372 Å². The van der Waals surface area contributed by atoms with Crippen molar-refractivity contribution in [2.75, 3.05) is 13.7 Å². The molecule has 0 radical (unpaired) electrons. The molecule has 5 heterocycles. The van der Waals surface area contributed by atoms with Crippen molar-refractivity contribution in [3.63, 3.8) is 0 Å². The van der Waals surface area contributed by atoms with Gasteiger partial charge in [-0.05, 0) is 76.4 Å². The second-order valence-corrected chi connectivity index (χ2v) is 17.1. The number of hydrogen-bond acceptors (Lipinski definition) is 5. The van der Waals surface area contributed by atoms with Crippen LogP contribution >= 0.6 is 0 Å². The first-order valence-corrected chi connectivity index (χ1v) is 21.5. The van der Waals surface area contributed by atoms with Crippen molar-refractivity contribution >= 4 is 70.7 Å². The molecule has 3 aromatic heterocycles. The van der Waals surface area contributed by atoms with Crippen LogP contribution in [0, 0.1) is 57.3 Å². The van der Waals surface area contributed by atoms with Crippen molar-refractivity contribution in [2.24, 2.45) is 29.6 Å². The van der Waals surface area contributed by atoms with Gasteiger partial charge in [0.25, 0.3) is 0 Å². The first-order chi connectivity index (χ1) is 28.2. The number of fused-ring (bicyclic) bond motifs is 7. The molecule has 6 rings (SSSR count). The molecule has 316 valence electrons. The van der Waals surface area contributed by atoms with E-state index in [9.17, 15) is 14.4 Å². The summed E-state index contributed by atoms with van der Waals surface area (Å²) in [5.74, 6) is -1.87. The number of methoxy groups -OCH3 is 1. The maximum atomic E-state index is 14.3. The van der Waals surface area contributed by atoms with E-state index in [1.54, 1.807) is 0 Å². The third-order valence-corrected chi connectivity index (χ3v) is 12.7. The Kier molecular flexibility index (Phi) is 15.6. The van der Waals surface area contributed by atoms with Gasteiger partial charge in [0.2, 0.25) is 0 Å². The number of carbonyl (C=O) groups is 3. The van der Waals surface area contributed by atoms with E-state index >= 15 is 0 Å². The van der Waals surface area contributed by atoms with Gasteiger partial charge in [0.1, 0.15) is 12.5 Å². The van der Waals surface area contributed by atoms with Gasteiger partial charge >= 0.3 is 35.0 Å². The van der Waals surface area contributed by atoms with Crippen molar-refractivity contribution in [1.82, 2.24) is 15.0 Å². The summed E-state index contributed by atoms with van der Waals surface area (Å²) < 4.78 is 11.0. The number of hydrogen-bond donors (Lipinski definition) is 0. The van der Waals surface area contributed by atoms with E-state index in [4.69, 9.17) is 29.7 Å². The van der Waals surface area contributed by atoms with Gasteiger partial charge in [-0.2, -0.15) is 17.3 Å². The molecular formula is C50H61MgN4O5-3. The van der Waals surface area contributed by atoms with Gasteiger partial charge in [-0.25, -0.2) is 0 Å². The average Bonchev–Trinajstić information content (AvgIpc) is 3.94. The molecule has 1 saturated heterocycles. The van der Waals surface area contributed by atoms with Crippen LogP contribution in [0.1, 0.15) is 147 Å². The van der Waals surface area contributed by atoms with Crippen molar-refractivity contribution in [2.45, 2.75) is 113 Å². The number of aromatic nitrogens is 3. The predicted molar refractivity (Wildman–Crippen MR) is 241 cm³/mol. The summed E-state index contributed by atoms with van der Waals surface area (Å²) in [4.78, 5) is 56.4. The maximum absolute atomic E-state index is 14.3. The minimum atomic E-state index is -1.22. The van der Waals surface area contributed by atoms with Crippen LogP contribution in [0.5, 0.6) is 0 Å². The Bertz CT molecular complexity index is 2350. The summed E-state index contributed by atoms with van der Waals surface area (Å²) in [6, 6.07) is 0. The van der Waals surface area contributed by atoms with E-state index in [-0.39, 0.29) is 59.7 Å². The summed E-state index contributed by atoms with van der Waals surface area (Å²) in [6.07, 6.45) is 17.8. The topological polar surface area (TPSA) is 126 Å². The molecular weight excluding hydrogens is 761 g/mol. The van der Waals surface area contributed by atoms with Crippen LogP contribution in [0.15, 0.2) is 29.6 Å². The van der Waals surface area contributed by atoms with Crippen molar-refractivity contribution < 1.29 is 23.9 Å². The third-order valence-electron chi connectivity index (χ3n) is 12.7. The summed E-state index contributed by atoms with van der Waals surface area (Å²) in [5, 5.41) is 6.81. The molecule has 0 aromatic carbocycles. The SMILES string of the molecule is C=Cc1c2[n-]c(c1C)/C=C1\[N-]/C(=C3\c4[n-]c(c(C)c4C(=O)[C@@H]3C(=O)OC)/C=c3\[n-]/c(c(C)c3CC)=C\2)[C@@H](CCC(=O)OC/C=C(\C)CCC[C@H]([CH2-])CCCC(C)C)[C@@H]1C.[Mg+2]. The molecule has 4 atom stereocenters. The second kappa shape index (κ2) is 20.1. The average molecular weight is 822 g/mol. The number of ether oxygens (including phenoxy) is 2. The van der Waals surface area contributed by atoms with Gasteiger partial charge < -0.3 is 36.7 Å². The van der Waals surface area contributed by atoms with E-state index in [1.165, 1.54) is 25.5 Å². The minimum Gasteiger partial charge on any atom is -0.664 e. The fourth-order valence-electron chi connectivity index (χ4n) is 9.00. The molecule has 0 saturated carbocycles. The van der Waals surface area contributed by atoms with Gasteiger partial charge in [0.15, 0.2) is 5.78 Å². The number of esters is 2. The van der Waals surface area contributed by atoms with E-state index in [0.29, 0.717) is 46.1 Å². The van der Waals surface area contributed by atoms with Crippen LogP contribution in [-0.4, -0.2) is 54.5 Å². The molecule has 9 nitrogen and oxygen atoms in total. The van der Waals surface area contributed by atoms with E-state index in [0.717, 1.165) is 88.1 Å². The molecule has 60 heavy (non-hydrogen) atoms. The van der Waals surface area contributed by atoms with Crippen LogP contribution in [-0.2, 0) is 25.5 Å². The second-order valence-electron chi connectivity index (χ2n) is 17.1. The molecule has 10 heteroatoms. The molecule has 8 bridgehead atoms. The zero-order chi connectivity index (χ0) is 42.7. The van der Waals surface area contributed by atoms with Gasteiger partial charge in [0.05, 0.1) is 7.11 Å². The standard InChI is InChI=1S/C50H62N4O5.Mg/c1-12-34-30(7)37-24-39-32(9)36(20-21-43(55)59-23-22-29(6)19-15-18-28(5)17-14-16-27(3)4)47(53-39)45-46(50(57)58-11)49(56)44-33(10)40(54-48(44)45)26-42-35(13-2)31(8)38(52-42)25-41(34)51-37;/h12,22,24-28,32,36,46H,1,5,13-21,23H2,2-4,6-11H3,(H-,53,54,56);/q-4;+2/p-1/b29-22+,38-25-,39-24-,42-26-;/t28-,32+,36+,46-;/m1./s1. The van der Waals surface area contributed by atoms with Gasteiger partial charge in [0, 0.05) is 12.0 Å². The predicted octanol–water partition coefficient (Wildman–Crippen LogP) is 8.37. The fourth-order valence-corrected chi connectivity index (χ4v) is 9.00. The Morgan fingerprint density at radius 2 is 1.63 bits per heavy atom. The molecule has 1 fully saturated rings. The number of Topliss-reactive ketones (excluding diaryl/α,β-unsaturated/α-hetero) is 1. The van der Waals surface area contributed by atoms with Crippen molar-refractivity contribution in [3.05, 3.63) is 109 Å². The normalized spacial score (nSPS) is 21.9. The molecule has 3 aliphatic rings.